The van der Waals surface area contributed by atoms with Crippen LogP contribution in [0.1, 0.15) is 17.0 Å². The smallest absolute Gasteiger partial charge is 0.247 e. The molecule has 0 saturated heterocycles. The Morgan fingerprint density at radius 3 is 2.71 bits per heavy atom. The number of nitrogens with one attached hydrogen (secondary N) is 1. The molecule has 0 aliphatic rings. The summed E-state index contributed by atoms with van der Waals surface area (Å²) >= 11 is 0. The molecule has 0 radical (unpaired) electrons. The maximum Gasteiger partial charge on any atom is 0.247 e. The van der Waals surface area contributed by atoms with Crippen molar-refractivity contribution in [2.45, 2.75) is 19.9 Å². The van der Waals surface area contributed by atoms with E-state index in [-0.39, 0.29) is 24.7 Å². The van der Waals surface area contributed by atoms with Crippen LogP contribution in [0.4, 0.5) is 4.39 Å². The molecule has 3 rings (SSSR count). The molecule has 2 aromatic carbocycles. The van der Waals surface area contributed by atoms with Crippen LogP contribution in [0.5, 0.6) is 0 Å². The fraction of sp³-hybridized carbons (Fsp3) is 0.167. The van der Waals surface area contributed by atoms with Gasteiger partial charge >= 0.3 is 0 Å². The fourth-order valence-corrected chi connectivity index (χ4v) is 2.24. The van der Waals surface area contributed by atoms with Gasteiger partial charge in [0.25, 0.3) is 0 Å². The summed E-state index contributed by atoms with van der Waals surface area (Å²) in [6.45, 7) is 2.13. The Kier molecular flexibility index (Phi) is 4.65. The molecule has 0 spiro atoms. The number of aromatic nitrogens is 2. The Bertz CT molecular complexity index is 843. The lowest BCUT2D eigenvalue weighted by Gasteiger charge is -2.02. The zero-order valence-corrected chi connectivity index (χ0v) is 13.1. The number of carbonyl (C=O) groups excluding carboxylic acids is 1. The molecule has 1 amide bonds. The van der Waals surface area contributed by atoms with Crippen LogP contribution in [0.3, 0.4) is 0 Å². The van der Waals surface area contributed by atoms with Gasteiger partial charge < -0.3 is 9.73 Å². The van der Waals surface area contributed by atoms with Crippen LogP contribution in [0.15, 0.2) is 52.9 Å². The van der Waals surface area contributed by atoms with E-state index in [4.69, 9.17) is 4.42 Å². The summed E-state index contributed by atoms with van der Waals surface area (Å²) in [7, 11) is 0. The number of carbonyl (C=O) groups is 1. The van der Waals surface area contributed by atoms with E-state index in [1.807, 2.05) is 31.2 Å². The van der Waals surface area contributed by atoms with Gasteiger partial charge in [-0.05, 0) is 36.8 Å². The minimum Gasteiger partial charge on any atom is -0.419 e. The van der Waals surface area contributed by atoms with Gasteiger partial charge in [0, 0.05) is 5.56 Å². The molecule has 0 atom stereocenters. The topological polar surface area (TPSA) is 68.0 Å². The number of hydrogen-bond donors (Lipinski definition) is 1. The Labute approximate surface area is 138 Å². The first-order valence-corrected chi connectivity index (χ1v) is 7.51. The van der Waals surface area contributed by atoms with E-state index < -0.39 is 0 Å². The van der Waals surface area contributed by atoms with Crippen molar-refractivity contribution in [2.24, 2.45) is 0 Å². The molecule has 6 heteroatoms. The summed E-state index contributed by atoms with van der Waals surface area (Å²) in [4.78, 5) is 11.9. The van der Waals surface area contributed by atoms with E-state index in [2.05, 4.69) is 15.5 Å². The van der Waals surface area contributed by atoms with Crippen molar-refractivity contribution < 1.29 is 13.6 Å². The van der Waals surface area contributed by atoms with Crippen molar-refractivity contribution in [3.8, 4) is 11.5 Å². The number of nitrogens with zero attached hydrogens (tertiary/aromatic N) is 2. The molecular weight excluding hydrogens is 309 g/mol. The third-order valence-corrected chi connectivity index (χ3v) is 3.45. The van der Waals surface area contributed by atoms with E-state index in [9.17, 15) is 9.18 Å². The lowest BCUT2D eigenvalue weighted by atomic mass is 10.1. The average Bonchev–Trinajstić information content (AvgIpc) is 3.04. The Hall–Kier alpha value is -3.02. The van der Waals surface area contributed by atoms with Crippen LogP contribution in [-0.2, 0) is 17.8 Å². The molecule has 122 valence electrons. The molecular formula is C18H16FN3O2. The third-order valence-electron chi connectivity index (χ3n) is 3.45. The molecule has 1 N–H and O–H groups in total. The zero-order chi connectivity index (χ0) is 16.9. The van der Waals surface area contributed by atoms with Crippen LogP contribution >= 0.6 is 0 Å². The lowest BCUT2D eigenvalue weighted by Crippen LogP contribution is -2.24. The summed E-state index contributed by atoms with van der Waals surface area (Å²) in [5.41, 5.74) is 2.67. The van der Waals surface area contributed by atoms with Gasteiger partial charge in [0.05, 0.1) is 13.0 Å². The molecule has 0 bridgehead atoms. The summed E-state index contributed by atoms with van der Waals surface area (Å²) < 4.78 is 18.4. The van der Waals surface area contributed by atoms with Crippen molar-refractivity contribution >= 4 is 5.91 Å². The second kappa shape index (κ2) is 7.04. The molecule has 1 heterocycles. The van der Waals surface area contributed by atoms with Crippen LogP contribution in [0.2, 0.25) is 0 Å². The van der Waals surface area contributed by atoms with Crippen molar-refractivity contribution in [1.82, 2.24) is 15.5 Å². The largest absolute Gasteiger partial charge is 0.419 e. The molecule has 1 aromatic heterocycles. The number of benzene rings is 2. The zero-order valence-electron chi connectivity index (χ0n) is 13.1. The number of aryl methyl sites for hydroxylation is 1. The highest BCUT2D eigenvalue weighted by molar-refractivity contribution is 5.78. The Balaban J connectivity index is 1.57. The van der Waals surface area contributed by atoms with Crippen LogP contribution in [-0.4, -0.2) is 16.1 Å². The van der Waals surface area contributed by atoms with Gasteiger partial charge in [0.1, 0.15) is 5.82 Å². The predicted octanol–water partition coefficient (Wildman–Crippen LogP) is 3.04. The van der Waals surface area contributed by atoms with Crippen molar-refractivity contribution in [1.29, 1.82) is 0 Å². The molecule has 5 nitrogen and oxygen atoms in total. The molecule has 0 aliphatic carbocycles. The van der Waals surface area contributed by atoms with Gasteiger partial charge in [-0.15, -0.1) is 10.2 Å². The minimum atomic E-state index is -0.325. The highest BCUT2D eigenvalue weighted by atomic mass is 19.1. The van der Waals surface area contributed by atoms with E-state index >= 15 is 0 Å². The molecule has 24 heavy (non-hydrogen) atoms. The normalized spacial score (nSPS) is 10.6. The monoisotopic (exact) mass is 325 g/mol. The van der Waals surface area contributed by atoms with Crippen molar-refractivity contribution in [2.75, 3.05) is 0 Å². The lowest BCUT2D eigenvalue weighted by molar-refractivity contribution is -0.120. The summed E-state index contributed by atoms with van der Waals surface area (Å²) in [5.74, 6) is 0.228. The van der Waals surface area contributed by atoms with Crippen LogP contribution in [0.25, 0.3) is 11.5 Å². The number of amides is 1. The van der Waals surface area contributed by atoms with E-state index in [0.29, 0.717) is 11.8 Å². The van der Waals surface area contributed by atoms with Gasteiger partial charge in [0.15, 0.2) is 0 Å². The van der Waals surface area contributed by atoms with E-state index in [1.165, 1.54) is 12.1 Å². The molecule has 0 fully saturated rings. The highest BCUT2D eigenvalue weighted by Gasteiger charge is 2.10. The molecule has 0 saturated carbocycles. The standard InChI is InChI=1S/C18H16FN3O2/c1-12-3-2-4-14(9-12)18-22-21-17(24-18)11-20-16(23)10-13-5-7-15(19)8-6-13/h2-9H,10-11H2,1H3,(H,20,23). The number of rotatable bonds is 5. The highest BCUT2D eigenvalue weighted by Crippen LogP contribution is 2.18. The van der Waals surface area contributed by atoms with Crippen molar-refractivity contribution in [3.63, 3.8) is 0 Å². The van der Waals surface area contributed by atoms with Gasteiger partial charge in [-0.25, -0.2) is 4.39 Å². The third kappa shape index (κ3) is 4.04. The maximum absolute atomic E-state index is 12.8. The second-order valence-electron chi connectivity index (χ2n) is 5.45. The van der Waals surface area contributed by atoms with E-state index in [0.717, 1.165) is 16.7 Å². The van der Waals surface area contributed by atoms with Crippen LogP contribution < -0.4 is 5.32 Å². The second-order valence-corrected chi connectivity index (χ2v) is 5.45. The average molecular weight is 325 g/mol. The molecule has 0 aliphatic heterocycles. The van der Waals surface area contributed by atoms with Gasteiger partial charge in [-0.1, -0.05) is 29.8 Å². The SMILES string of the molecule is Cc1cccc(-c2nnc(CNC(=O)Cc3ccc(F)cc3)o2)c1. The maximum atomic E-state index is 12.8. The first-order chi connectivity index (χ1) is 11.6. The summed E-state index contributed by atoms with van der Waals surface area (Å²) in [6, 6.07) is 13.6. The summed E-state index contributed by atoms with van der Waals surface area (Å²) in [5, 5.41) is 10.6. The quantitative estimate of drug-likeness (QED) is 0.783. The van der Waals surface area contributed by atoms with Crippen LogP contribution in [0, 0.1) is 12.7 Å². The van der Waals surface area contributed by atoms with Gasteiger partial charge in [-0.3, -0.25) is 4.79 Å². The van der Waals surface area contributed by atoms with Crippen molar-refractivity contribution in [3.05, 3.63) is 71.4 Å². The Morgan fingerprint density at radius 1 is 1.17 bits per heavy atom. The minimum absolute atomic E-state index is 0.152. The predicted molar refractivity (Wildman–Crippen MR) is 86.4 cm³/mol. The first kappa shape index (κ1) is 15.9. The van der Waals surface area contributed by atoms with E-state index in [1.54, 1.807) is 12.1 Å². The fourth-order valence-electron chi connectivity index (χ4n) is 2.24. The summed E-state index contributed by atoms with van der Waals surface area (Å²) in [6.07, 6.45) is 0.166. The molecule has 3 aromatic rings. The number of halogens is 1. The van der Waals surface area contributed by atoms with Gasteiger partial charge in [0.2, 0.25) is 17.7 Å². The Morgan fingerprint density at radius 2 is 1.96 bits per heavy atom. The number of hydrogen-bond acceptors (Lipinski definition) is 4. The van der Waals surface area contributed by atoms with Gasteiger partial charge in [-0.2, -0.15) is 0 Å². The molecule has 0 unspecified atom stereocenters. The first-order valence-electron chi connectivity index (χ1n) is 7.51.